The molecule has 1 rings (SSSR count). The predicted octanol–water partition coefficient (Wildman–Crippen LogP) is 5.86. The van der Waals surface area contributed by atoms with Crippen molar-refractivity contribution in [1.82, 2.24) is 0 Å². The second-order valence-electron chi connectivity index (χ2n) is 5.72. The average Bonchev–Trinajstić information content (AvgIpc) is 2.56. The molecule has 0 aliphatic heterocycles. The Morgan fingerprint density at radius 1 is 1.08 bits per heavy atom. The van der Waals surface area contributed by atoms with Crippen molar-refractivity contribution in [2.24, 2.45) is 0 Å². The van der Waals surface area contributed by atoms with E-state index < -0.39 is 0 Å². The monoisotopic (exact) mass is 330 g/mol. The van der Waals surface area contributed by atoms with Crippen LogP contribution in [0.3, 0.4) is 0 Å². The van der Waals surface area contributed by atoms with Crippen LogP contribution in [0.1, 0.15) is 50.2 Å². The van der Waals surface area contributed by atoms with Gasteiger partial charge in [-0.25, -0.2) is 0 Å². The van der Waals surface area contributed by atoms with E-state index in [1.807, 2.05) is 18.2 Å². The van der Waals surface area contributed by atoms with E-state index >= 15 is 0 Å². The zero-order valence-electron chi connectivity index (χ0n) is 14.9. The van der Waals surface area contributed by atoms with Crippen LogP contribution in [0.15, 0.2) is 44.0 Å². The number of benzene rings is 1. The largest absolute Gasteiger partial charge is 0.508 e. The summed E-state index contributed by atoms with van der Waals surface area (Å²) in [6.07, 6.45) is 9.28. The molecule has 0 aromatic heterocycles. The Morgan fingerprint density at radius 3 is 2.46 bits per heavy atom. The molecule has 0 radical (unpaired) electrons. The Bertz CT molecular complexity index is 546. The summed E-state index contributed by atoms with van der Waals surface area (Å²) >= 11 is 0. The summed E-state index contributed by atoms with van der Waals surface area (Å²) in [4.78, 5) is 0. The van der Waals surface area contributed by atoms with Gasteiger partial charge in [0, 0.05) is 5.56 Å². The topological polar surface area (TPSA) is 38.7 Å². The van der Waals surface area contributed by atoms with Crippen molar-refractivity contribution in [3.63, 3.8) is 0 Å². The first kappa shape index (κ1) is 19.9. The van der Waals surface area contributed by atoms with Crippen LogP contribution < -0.4 is 9.47 Å². The normalized spacial score (nSPS) is 10.2. The summed E-state index contributed by atoms with van der Waals surface area (Å²) in [7, 11) is 0. The number of allylic oxidation sites excluding steroid dienone is 1. The van der Waals surface area contributed by atoms with E-state index in [9.17, 15) is 5.11 Å². The number of unbranched alkanes of at least 4 members (excludes halogenated alkanes) is 2. The Balaban J connectivity index is 3.13. The summed E-state index contributed by atoms with van der Waals surface area (Å²) in [5.74, 6) is 1.48. The van der Waals surface area contributed by atoms with Gasteiger partial charge in [0.2, 0.25) is 0 Å². The molecule has 24 heavy (non-hydrogen) atoms. The van der Waals surface area contributed by atoms with Crippen molar-refractivity contribution < 1.29 is 14.6 Å². The molecule has 0 atom stereocenters. The number of rotatable bonds is 13. The fourth-order valence-corrected chi connectivity index (χ4v) is 2.29. The van der Waals surface area contributed by atoms with E-state index in [1.54, 1.807) is 6.07 Å². The van der Waals surface area contributed by atoms with E-state index in [0.29, 0.717) is 24.5 Å². The zero-order valence-corrected chi connectivity index (χ0v) is 14.9. The summed E-state index contributed by atoms with van der Waals surface area (Å²) in [5, 5.41) is 9.80. The first-order valence-electron chi connectivity index (χ1n) is 8.66. The number of aliphatic hydroxyl groups is 1. The first-order valence-corrected chi connectivity index (χ1v) is 8.66. The standard InChI is InChI=1S/C21H30O3/c1-5-8-11-12-18-15-19(17(4)22)16-20(23-13-9-6-2)21(18)24-14-10-7-3/h5,7,15-16,22H,1,3-4,6,8-14H2,2H3. The Kier molecular flexibility index (Phi) is 9.44. The van der Waals surface area contributed by atoms with Crippen molar-refractivity contribution in [2.75, 3.05) is 13.2 Å². The van der Waals surface area contributed by atoms with Crippen LogP contribution in [0, 0.1) is 0 Å². The molecule has 1 aromatic rings. The Labute approximate surface area is 146 Å². The van der Waals surface area contributed by atoms with Gasteiger partial charge < -0.3 is 14.6 Å². The van der Waals surface area contributed by atoms with Gasteiger partial charge in [-0.1, -0.05) is 32.1 Å². The molecular formula is C21H30O3. The van der Waals surface area contributed by atoms with E-state index in [1.165, 1.54) is 0 Å². The first-order chi connectivity index (χ1) is 11.6. The molecular weight excluding hydrogens is 300 g/mol. The van der Waals surface area contributed by atoms with Gasteiger partial charge in [-0.2, -0.15) is 0 Å². The SMILES string of the molecule is C=CCCCc1cc(C(=C)O)cc(OCCCC)c1OCCC=C. The van der Waals surface area contributed by atoms with Crippen LogP contribution in [0.5, 0.6) is 11.5 Å². The molecule has 3 heteroatoms. The van der Waals surface area contributed by atoms with Gasteiger partial charge in [-0.15, -0.1) is 13.2 Å². The second kappa shape index (κ2) is 11.4. The molecule has 0 aliphatic carbocycles. The molecule has 0 saturated carbocycles. The molecule has 0 unspecified atom stereocenters. The van der Waals surface area contributed by atoms with Gasteiger partial charge in [0.05, 0.1) is 13.2 Å². The molecule has 0 bridgehead atoms. The lowest BCUT2D eigenvalue weighted by Crippen LogP contribution is -2.06. The molecule has 132 valence electrons. The highest BCUT2D eigenvalue weighted by Gasteiger charge is 2.15. The third-order valence-electron chi connectivity index (χ3n) is 3.64. The molecule has 0 heterocycles. The second-order valence-corrected chi connectivity index (χ2v) is 5.72. The number of hydrogen-bond donors (Lipinski definition) is 1. The van der Waals surface area contributed by atoms with Gasteiger partial charge in [0.1, 0.15) is 5.76 Å². The smallest absolute Gasteiger partial charge is 0.164 e. The molecule has 0 spiro atoms. The summed E-state index contributed by atoms with van der Waals surface area (Å²) in [5.41, 5.74) is 1.70. The lowest BCUT2D eigenvalue weighted by molar-refractivity contribution is 0.265. The van der Waals surface area contributed by atoms with Crippen LogP contribution in [-0.2, 0) is 6.42 Å². The maximum absolute atomic E-state index is 9.80. The van der Waals surface area contributed by atoms with Gasteiger partial charge in [-0.3, -0.25) is 0 Å². The molecule has 1 N–H and O–H groups in total. The van der Waals surface area contributed by atoms with Crippen LogP contribution in [0.4, 0.5) is 0 Å². The molecule has 3 nitrogen and oxygen atoms in total. The van der Waals surface area contributed by atoms with Crippen LogP contribution in [0.25, 0.3) is 5.76 Å². The number of aryl methyl sites for hydroxylation is 1. The number of aliphatic hydroxyl groups excluding tert-OH is 1. The predicted molar refractivity (Wildman–Crippen MR) is 102 cm³/mol. The van der Waals surface area contributed by atoms with Crippen molar-refractivity contribution >= 4 is 5.76 Å². The number of hydrogen-bond acceptors (Lipinski definition) is 3. The Morgan fingerprint density at radius 2 is 1.83 bits per heavy atom. The minimum atomic E-state index is 0.0398. The van der Waals surface area contributed by atoms with E-state index in [-0.39, 0.29) is 5.76 Å². The maximum Gasteiger partial charge on any atom is 0.164 e. The lowest BCUT2D eigenvalue weighted by Gasteiger charge is -2.18. The molecule has 1 aromatic carbocycles. The van der Waals surface area contributed by atoms with Crippen LogP contribution >= 0.6 is 0 Å². The maximum atomic E-state index is 9.80. The van der Waals surface area contributed by atoms with Crippen molar-refractivity contribution in [2.45, 2.75) is 45.4 Å². The van der Waals surface area contributed by atoms with E-state index in [0.717, 1.165) is 49.8 Å². The minimum absolute atomic E-state index is 0.0398. The van der Waals surface area contributed by atoms with Gasteiger partial charge >= 0.3 is 0 Å². The van der Waals surface area contributed by atoms with Crippen LogP contribution in [0.2, 0.25) is 0 Å². The summed E-state index contributed by atoms with van der Waals surface area (Å²) in [6, 6.07) is 3.74. The minimum Gasteiger partial charge on any atom is -0.508 e. The average molecular weight is 330 g/mol. The molecule has 0 saturated heterocycles. The highest BCUT2D eigenvalue weighted by Crippen LogP contribution is 2.36. The Hall–Kier alpha value is -2.16. The highest BCUT2D eigenvalue weighted by molar-refractivity contribution is 5.63. The fraction of sp³-hybridized carbons (Fsp3) is 0.429. The van der Waals surface area contributed by atoms with E-state index in [2.05, 4.69) is 26.7 Å². The molecule has 0 aliphatic rings. The zero-order chi connectivity index (χ0) is 17.8. The van der Waals surface area contributed by atoms with E-state index in [4.69, 9.17) is 9.47 Å². The summed E-state index contributed by atoms with van der Waals surface area (Å²) < 4.78 is 11.9. The van der Waals surface area contributed by atoms with Crippen molar-refractivity contribution in [1.29, 1.82) is 0 Å². The lowest BCUT2D eigenvalue weighted by atomic mass is 10.0. The fourth-order valence-electron chi connectivity index (χ4n) is 2.29. The van der Waals surface area contributed by atoms with Crippen LogP contribution in [-0.4, -0.2) is 18.3 Å². The molecule has 0 amide bonds. The summed E-state index contributed by atoms with van der Waals surface area (Å²) in [6.45, 7) is 14.4. The van der Waals surface area contributed by atoms with Crippen molar-refractivity contribution in [3.05, 3.63) is 55.1 Å². The quantitative estimate of drug-likeness (QED) is 0.280. The third-order valence-corrected chi connectivity index (χ3v) is 3.64. The number of ether oxygens (including phenoxy) is 2. The van der Waals surface area contributed by atoms with Gasteiger partial charge in [0.15, 0.2) is 11.5 Å². The highest BCUT2D eigenvalue weighted by atomic mass is 16.5. The molecule has 0 fully saturated rings. The van der Waals surface area contributed by atoms with Crippen molar-refractivity contribution in [3.8, 4) is 11.5 Å². The third kappa shape index (κ3) is 6.53. The van der Waals surface area contributed by atoms with Gasteiger partial charge in [0.25, 0.3) is 0 Å². The van der Waals surface area contributed by atoms with Gasteiger partial charge in [-0.05, 0) is 49.8 Å².